The van der Waals surface area contributed by atoms with Gasteiger partial charge in [-0.05, 0) is 49.8 Å². The number of anilines is 1. The topological polar surface area (TPSA) is 3.24 Å². The van der Waals surface area contributed by atoms with Crippen molar-refractivity contribution in [1.82, 2.24) is 0 Å². The molecule has 0 bridgehead atoms. The molecule has 2 rings (SSSR count). The van der Waals surface area contributed by atoms with E-state index in [0.717, 1.165) is 0 Å². The van der Waals surface area contributed by atoms with Gasteiger partial charge in [-0.2, -0.15) is 0 Å². The van der Waals surface area contributed by atoms with Crippen molar-refractivity contribution in [3.05, 3.63) is 29.8 Å². The van der Waals surface area contributed by atoms with Crippen molar-refractivity contribution in [2.24, 2.45) is 0 Å². The predicted molar refractivity (Wildman–Crippen MR) is 71.2 cm³/mol. The van der Waals surface area contributed by atoms with Crippen LogP contribution in [0.3, 0.4) is 0 Å². The SMILES string of the molecule is CCC(C)c1cccc(N2CCCC2C)c1. The van der Waals surface area contributed by atoms with Gasteiger partial charge in [0.15, 0.2) is 0 Å². The van der Waals surface area contributed by atoms with Crippen molar-refractivity contribution in [3.63, 3.8) is 0 Å². The molecule has 2 atom stereocenters. The monoisotopic (exact) mass is 217 g/mol. The zero-order chi connectivity index (χ0) is 11.5. The molecule has 0 N–H and O–H groups in total. The third-order valence-corrected chi connectivity index (χ3v) is 3.94. The van der Waals surface area contributed by atoms with Crippen LogP contribution in [0.15, 0.2) is 24.3 Å². The Bertz CT molecular complexity index is 345. The molecule has 0 aliphatic carbocycles. The Balaban J connectivity index is 2.21. The van der Waals surface area contributed by atoms with Crippen molar-refractivity contribution in [2.75, 3.05) is 11.4 Å². The lowest BCUT2D eigenvalue weighted by atomic mass is 9.98. The lowest BCUT2D eigenvalue weighted by molar-refractivity contribution is 0.722. The van der Waals surface area contributed by atoms with E-state index >= 15 is 0 Å². The van der Waals surface area contributed by atoms with Crippen LogP contribution >= 0.6 is 0 Å². The first-order chi connectivity index (χ1) is 7.72. The van der Waals surface area contributed by atoms with Crippen LogP contribution in [0.25, 0.3) is 0 Å². The van der Waals surface area contributed by atoms with E-state index in [0.29, 0.717) is 12.0 Å². The van der Waals surface area contributed by atoms with Gasteiger partial charge in [0.2, 0.25) is 0 Å². The minimum absolute atomic E-state index is 0.679. The fourth-order valence-corrected chi connectivity index (χ4v) is 2.56. The maximum absolute atomic E-state index is 2.55. The fraction of sp³-hybridized carbons (Fsp3) is 0.600. The summed E-state index contributed by atoms with van der Waals surface area (Å²) in [6.45, 7) is 8.14. The van der Waals surface area contributed by atoms with Gasteiger partial charge < -0.3 is 4.90 Å². The van der Waals surface area contributed by atoms with Gasteiger partial charge in [-0.1, -0.05) is 26.0 Å². The van der Waals surface area contributed by atoms with Gasteiger partial charge in [-0.3, -0.25) is 0 Å². The summed E-state index contributed by atoms with van der Waals surface area (Å²) < 4.78 is 0. The standard InChI is InChI=1S/C15H23N/c1-4-12(2)14-8-5-9-15(11-14)16-10-6-7-13(16)3/h5,8-9,11-13H,4,6-7,10H2,1-3H3. The quantitative estimate of drug-likeness (QED) is 0.734. The zero-order valence-electron chi connectivity index (χ0n) is 10.7. The van der Waals surface area contributed by atoms with E-state index in [4.69, 9.17) is 0 Å². The Morgan fingerprint density at radius 2 is 2.25 bits per heavy atom. The highest BCUT2D eigenvalue weighted by atomic mass is 15.2. The minimum Gasteiger partial charge on any atom is -0.369 e. The van der Waals surface area contributed by atoms with Gasteiger partial charge in [0.05, 0.1) is 0 Å². The molecule has 0 spiro atoms. The first-order valence-electron chi connectivity index (χ1n) is 6.59. The molecular formula is C15H23N. The van der Waals surface area contributed by atoms with E-state index in [2.05, 4.69) is 49.9 Å². The Kier molecular flexibility index (Phi) is 3.52. The summed E-state index contributed by atoms with van der Waals surface area (Å²) in [5.41, 5.74) is 2.90. The Labute approximate surface area is 99.5 Å². The zero-order valence-corrected chi connectivity index (χ0v) is 10.7. The normalized spacial score (nSPS) is 22.4. The average Bonchev–Trinajstić information content (AvgIpc) is 2.74. The molecular weight excluding hydrogens is 194 g/mol. The largest absolute Gasteiger partial charge is 0.369 e. The molecule has 1 nitrogen and oxygen atoms in total. The summed E-state index contributed by atoms with van der Waals surface area (Å²) >= 11 is 0. The molecule has 1 aromatic carbocycles. The smallest absolute Gasteiger partial charge is 0.0371 e. The van der Waals surface area contributed by atoms with Crippen molar-refractivity contribution in [2.45, 2.75) is 52.0 Å². The molecule has 1 heterocycles. The molecule has 1 fully saturated rings. The number of rotatable bonds is 3. The molecule has 0 aromatic heterocycles. The molecule has 2 unspecified atom stereocenters. The number of hydrogen-bond donors (Lipinski definition) is 0. The van der Waals surface area contributed by atoms with Gasteiger partial charge in [-0.25, -0.2) is 0 Å². The van der Waals surface area contributed by atoms with Crippen molar-refractivity contribution < 1.29 is 0 Å². The average molecular weight is 217 g/mol. The maximum atomic E-state index is 2.55. The van der Waals surface area contributed by atoms with Crippen LogP contribution in [-0.4, -0.2) is 12.6 Å². The van der Waals surface area contributed by atoms with E-state index in [1.54, 1.807) is 0 Å². The summed E-state index contributed by atoms with van der Waals surface area (Å²) in [6, 6.07) is 9.83. The van der Waals surface area contributed by atoms with Crippen LogP contribution in [0.5, 0.6) is 0 Å². The highest BCUT2D eigenvalue weighted by molar-refractivity contribution is 5.50. The van der Waals surface area contributed by atoms with Crippen molar-refractivity contribution in [1.29, 1.82) is 0 Å². The molecule has 1 heteroatoms. The van der Waals surface area contributed by atoms with Crippen LogP contribution < -0.4 is 4.90 Å². The third kappa shape index (κ3) is 2.23. The minimum atomic E-state index is 0.679. The van der Waals surface area contributed by atoms with Gasteiger partial charge in [0, 0.05) is 18.3 Å². The van der Waals surface area contributed by atoms with Gasteiger partial charge in [0.25, 0.3) is 0 Å². The number of hydrogen-bond acceptors (Lipinski definition) is 1. The molecule has 0 saturated carbocycles. The Hall–Kier alpha value is -0.980. The summed E-state index contributed by atoms with van der Waals surface area (Å²) in [6.07, 6.45) is 3.90. The van der Waals surface area contributed by atoms with Crippen LogP contribution in [0, 0.1) is 0 Å². The molecule has 1 aliphatic heterocycles. The molecule has 1 saturated heterocycles. The van der Waals surface area contributed by atoms with Gasteiger partial charge in [-0.15, -0.1) is 0 Å². The predicted octanol–water partition coefficient (Wildman–Crippen LogP) is 4.19. The lowest BCUT2D eigenvalue weighted by Gasteiger charge is -2.25. The molecule has 1 aromatic rings. The van der Waals surface area contributed by atoms with Crippen LogP contribution in [-0.2, 0) is 0 Å². The number of benzene rings is 1. The summed E-state index contributed by atoms with van der Waals surface area (Å²) in [4.78, 5) is 2.55. The van der Waals surface area contributed by atoms with Gasteiger partial charge >= 0.3 is 0 Å². The summed E-state index contributed by atoms with van der Waals surface area (Å²) in [5.74, 6) is 0.679. The number of nitrogens with zero attached hydrogens (tertiary/aromatic N) is 1. The van der Waals surface area contributed by atoms with E-state index < -0.39 is 0 Å². The molecule has 0 amide bonds. The third-order valence-electron chi connectivity index (χ3n) is 3.94. The molecule has 0 radical (unpaired) electrons. The highest BCUT2D eigenvalue weighted by Gasteiger charge is 2.20. The molecule has 88 valence electrons. The van der Waals surface area contributed by atoms with E-state index in [9.17, 15) is 0 Å². The lowest BCUT2D eigenvalue weighted by Crippen LogP contribution is -2.26. The second-order valence-corrected chi connectivity index (χ2v) is 5.09. The van der Waals surface area contributed by atoms with E-state index in [1.165, 1.54) is 37.1 Å². The van der Waals surface area contributed by atoms with E-state index in [1.807, 2.05) is 0 Å². The maximum Gasteiger partial charge on any atom is 0.0371 e. The molecule has 16 heavy (non-hydrogen) atoms. The first kappa shape index (κ1) is 11.5. The fourth-order valence-electron chi connectivity index (χ4n) is 2.56. The van der Waals surface area contributed by atoms with Crippen LogP contribution in [0.1, 0.15) is 51.5 Å². The van der Waals surface area contributed by atoms with Crippen LogP contribution in [0.2, 0.25) is 0 Å². The molecule has 1 aliphatic rings. The van der Waals surface area contributed by atoms with Crippen LogP contribution in [0.4, 0.5) is 5.69 Å². The summed E-state index contributed by atoms with van der Waals surface area (Å²) in [7, 11) is 0. The van der Waals surface area contributed by atoms with Gasteiger partial charge in [0.1, 0.15) is 0 Å². The van der Waals surface area contributed by atoms with Crippen molar-refractivity contribution in [3.8, 4) is 0 Å². The Morgan fingerprint density at radius 1 is 1.44 bits per heavy atom. The van der Waals surface area contributed by atoms with Crippen molar-refractivity contribution >= 4 is 5.69 Å². The first-order valence-corrected chi connectivity index (χ1v) is 6.59. The Morgan fingerprint density at radius 3 is 2.88 bits per heavy atom. The summed E-state index contributed by atoms with van der Waals surface area (Å²) in [5, 5.41) is 0. The second kappa shape index (κ2) is 4.90. The van der Waals surface area contributed by atoms with E-state index in [-0.39, 0.29) is 0 Å². The highest BCUT2D eigenvalue weighted by Crippen LogP contribution is 2.28. The second-order valence-electron chi connectivity index (χ2n) is 5.09.